The molecule has 1 aromatic rings. The summed E-state index contributed by atoms with van der Waals surface area (Å²) < 4.78 is 0. The summed E-state index contributed by atoms with van der Waals surface area (Å²) in [5.41, 5.74) is 0.977. The first kappa shape index (κ1) is 10.9. The van der Waals surface area contributed by atoms with E-state index in [1.165, 1.54) is 12.8 Å². The standard InChI is InChI=1S/C11H15N3O2/c1-8-4-12-11(13-5-8)14(7-10(15)16)6-9-2-3-9/h4-5,9H,2-3,6-7H2,1H3,(H,15,16). The largest absolute Gasteiger partial charge is 0.480 e. The van der Waals surface area contributed by atoms with Crippen molar-refractivity contribution in [1.82, 2.24) is 9.97 Å². The molecule has 0 spiro atoms. The average Bonchev–Trinajstić information content (AvgIpc) is 3.01. The van der Waals surface area contributed by atoms with Gasteiger partial charge in [0.05, 0.1) is 0 Å². The number of hydrogen-bond donors (Lipinski definition) is 1. The van der Waals surface area contributed by atoms with E-state index < -0.39 is 5.97 Å². The zero-order valence-electron chi connectivity index (χ0n) is 9.26. The third-order valence-electron chi connectivity index (χ3n) is 2.55. The van der Waals surface area contributed by atoms with Crippen LogP contribution in [0.3, 0.4) is 0 Å². The van der Waals surface area contributed by atoms with Crippen LogP contribution in [0.4, 0.5) is 5.95 Å². The van der Waals surface area contributed by atoms with Gasteiger partial charge in [-0.1, -0.05) is 0 Å². The van der Waals surface area contributed by atoms with Crippen molar-refractivity contribution in [2.24, 2.45) is 5.92 Å². The van der Waals surface area contributed by atoms with Gasteiger partial charge in [0.2, 0.25) is 5.95 Å². The second kappa shape index (κ2) is 4.47. The topological polar surface area (TPSA) is 66.3 Å². The van der Waals surface area contributed by atoms with Crippen LogP contribution in [0.5, 0.6) is 0 Å². The molecule has 0 saturated heterocycles. The number of aliphatic carboxylic acids is 1. The Hall–Kier alpha value is -1.65. The van der Waals surface area contributed by atoms with Crippen molar-refractivity contribution in [2.45, 2.75) is 19.8 Å². The Morgan fingerprint density at radius 3 is 2.62 bits per heavy atom. The Kier molecular flexibility index (Phi) is 3.03. The molecule has 16 heavy (non-hydrogen) atoms. The maximum absolute atomic E-state index is 10.8. The van der Waals surface area contributed by atoms with E-state index in [9.17, 15) is 4.79 Å². The lowest BCUT2D eigenvalue weighted by Crippen LogP contribution is -2.33. The number of nitrogens with zero attached hydrogens (tertiary/aromatic N) is 3. The van der Waals surface area contributed by atoms with Gasteiger partial charge in [0.1, 0.15) is 6.54 Å². The maximum atomic E-state index is 10.8. The molecule has 86 valence electrons. The van der Waals surface area contributed by atoms with Crippen LogP contribution in [0.25, 0.3) is 0 Å². The fraction of sp³-hybridized carbons (Fsp3) is 0.545. The van der Waals surface area contributed by atoms with Crippen molar-refractivity contribution in [1.29, 1.82) is 0 Å². The van der Waals surface area contributed by atoms with Crippen molar-refractivity contribution in [3.8, 4) is 0 Å². The normalized spacial score (nSPS) is 14.8. The molecule has 0 aliphatic heterocycles. The van der Waals surface area contributed by atoms with Crippen LogP contribution in [0.1, 0.15) is 18.4 Å². The lowest BCUT2D eigenvalue weighted by atomic mass is 10.3. The van der Waals surface area contributed by atoms with Crippen molar-refractivity contribution in [3.63, 3.8) is 0 Å². The number of hydrogen-bond acceptors (Lipinski definition) is 4. The summed E-state index contributed by atoms with van der Waals surface area (Å²) in [5.74, 6) is 0.286. The van der Waals surface area contributed by atoms with Crippen molar-refractivity contribution in [3.05, 3.63) is 18.0 Å². The van der Waals surface area contributed by atoms with Gasteiger partial charge < -0.3 is 10.0 Å². The Balaban J connectivity index is 2.09. The Bertz CT molecular complexity index is 373. The second-order valence-corrected chi connectivity index (χ2v) is 4.28. The molecule has 2 rings (SSSR count). The zero-order valence-corrected chi connectivity index (χ0v) is 9.26. The van der Waals surface area contributed by atoms with Gasteiger partial charge in [0.25, 0.3) is 0 Å². The molecule has 0 unspecified atom stereocenters. The minimum absolute atomic E-state index is 0.0282. The molecule has 1 saturated carbocycles. The predicted molar refractivity (Wildman–Crippen MR) is 59.3 cm³/mol. The number of aryl methyl sites for hydroxylation is 1. The van der Waals surface area contributed by atoms with Crippen molar-refractivity contribution >= 4 is 11.9 Å². The van der Waals surface area contributed by atoms with E-state index in [1.54, 1.807) is 17.3 Å². The number of carboxylic acids is 1. The first-order chi connectivity index (χ1) is 7.65. The van der Waals surface area contributed by atoms with Crippen LogP contribution in [-0.2, 0) is 4.79 Å². The molecule has 1 aliphatic rings. The lowest BCUT2D eigenvalue weighted by Gasteiger charge is -2.20. The Labute approximate surface area is 94.1 Å². The summed E-state index contributed by atoms with van der Waals surface area (Å²) >= 11 is 0. The zero-order chi connectivity index (χ0) is 11.5. The molecule has 0 aromatic carbocycles. The highest BCUT2D eigenvalue weighted by Gasteiger charge is 2.26. The minimum atomic E-state index is -0.843. The minimum Gasteiger partial charge on any atom is -0.480 e. The summed E-state index contributed by atoms with van der Waals surface area (Å²) in [6, 6.07) is 0. The van der Waals surface area contributed by atoms with Crippen LogP contribution in [0.15, 0.2) is 12.4 Å². The monoisotopic (exact) mass is 221 g/mol. The Morgan fingerprint density at radius 2 is 2.12 bits per heavy atom. The van der Waals surface area contributed by atoms with Crippen LogP contribution < -0.4 is 4.90 Å². The van der Waals surface area contributed by atoms with E-state index in [2.05, 4.69) is 9.97 Å². The van der Waals surface area contributed by atoms with Gasteiger partial charge in [-0.15, -0.1) is 0 Å². The van der Waals surface area contributed by atoms with Crippen molar-refractivity contribution < 1.29 is 9.90 Å². The van der Waals surface area contributed by atoms with Gasteiger partial charge in [-0.05, 0) is 31.2 Å². The highest BCUT2D eigenvalue weighted by atomic mass is 16.4. The summed E-state index contributed by atoms with van der Waals surface area (Å²) in [6.07, 6.45) is 5.79. The quantitative estimate of drug-likeness (QED) is 0.806. The third kappa shape index (κ3) is 2.92. The summed E-state index contributed by atoms with van der Waals surface area (Å²) in [6.45, 7) is 2.63. The van der Waals surface area contributed by atoms with E-state index in [4.69, 9.17) is 5.11 Å². The highest BCUT2D eigenvalue weighted by Crippen LogP contribution is 2.30. The molecule has 0 radical (unpaired) electrons. The van der Waals surface area contributed by atoms with Gasteiger partial charge in [-0.25, -0.2) is 9.97 Å². The number of anilines is 1. The van der Waals surface area contributed by atoms with Crippen LogP contribution in [-0.4, -0.2) is 34.1 Å². The SMILES string of the molecule is Cc1cnc(N(CC(=O)O)CC2CC2)nc1. The molecule has 1 N–H and O–H groups in total. The van der Waals surface area contributed by atoms with Gasteiger partial charge in [0.15, 0.2) is 0 Å². The van der Waals surface area contributed by atoms with Crippen LogP contribution in [0.2, 0.25) is 0 Å². The first-order valence-corrected chi connectivity index (χ1v) is 5.40. The fourth-order valence-corrected chi connectivity index (χ4v) is 1.54. The first-order valence-electron chi connectivity index (χ1n) is 5.40. The second-order valence-electron chi connectivity index (χ2n) is 4.28. The molecule has 1 aliphatic carbocycles. The van der Waals surface area contributed by atoms with E-state index in [-0.39, 0.29) is 6.54 Å². The molecule has 0 bridgehead atoms. The fourth-order valence-electron chi connectivity index (χ4n) is 1.54. The molecule has 1 aromatic heterocycles. The van der Waals surface area contributed by atoms with Crippen LogP contribution >= 0.6 is 0 Å². The van der Waals surface area contributed by atoms with Crippen LogP contribution in [0, 0.1) is 12.8 Å². The molecule has 1 heterocycles. The number of carbonyl (C=O) groups is 1. The maximum Gasteiger partial charge on any atom is 0.323 e. The molecule has 1 fully saturated rings. The molecule has 0 atom stereocenters. The van der Waals surface area contributed by atoms with Gasteiger partial charge in [0, 0.05) is 18.9 Å². The highest BCUT2D eigenvalue weighted by molar-refractivity contribution is 5.72. The van der Waals surface area contributed by atoms with E-state index in [0.29, 0.717) is 11.9 Å². The summed E-state index contributed by atoms with van der Waals surface area (Å²) in [7, 11) is 0. The summed E-state index contributed by atoms with van der Waals surface area (Å²) in [4.78, 5) is 20.8. The smallest absolute Gasteiger partial charge is 0.323 e. The lowest BCUT2D eigenvalue weighted by molar-refractivity contribution is -0.135. The average molecular weight is 221 g/mol. The van der Waals surface area contributed by atoms with E-state index in [1.807, 2.05) is 6.92 Å². The molecule has 0 amide bonds. The number of carboxylic acid groups (broad SMARTS) is 1. The molecule has 5 nitrogen and oxygen atoms in total. The Morgan fingerprint density at radius 1 is 1.50 bits per heavy atom. The summed E-state index contributed by atoms with van der Waals surface area (Å²) in [5, 5.41) is 8.84. The number of rotatable bonds is 5. The number of aromatic nitrogens is 2. The van der Waals surface area contributed by atoms with E-state index in [0.717, 1.165) is 12.1 Å². The molecule has 5 heteroatoms. The van der Waals surface area contributed by atoms with Gasteiger partial charge in [-0.3, -0.25) is 4.79 Å². The van der Waals surface area contributed by atoms with E-state index >= 15 is 0 Å². The van der Waals surface area contributed by atoms with Gasteiger partial charge in [-0.2, -0.15) is 0 Å². The third-order valence-corrected chi connectivity index (χ3v) is 2.55. The molecular formula is C11H15N3O2. The predicted octanol–water partition coefficient (Wildman–Crippen LogP) is 1.09. The van der Waals surface area contributed by atoms with Crippen molar-refractivity contribution in [2.75, 3.05) is 18.0 Å². The molecular weight excluding hydrogens is 206 g/mol. The van der Waals surface area contributed by atoms with Gasteiger partial charge >= 0.3 is 5.97 Å².